The maximum Gasteiger partial charge on any atom is 0.269 e. The maximum absolute atomic E-state index is 11.1. The molecule has 0 aromatic heterocycles. The van der Waals surface area contributed by atoms with Crippen molar-refractivity contribution in [3.8, 4) is 0 Å². The van der Waals surface area contributed by atoms with Gasteiger partial charge >= 0.3 is 0 Å². The Balaban J connectivity index is 3.15. The van der Waals surface area contributed by atoms with Crippen LogP contribution in [0.4, 0.5) is 5.69 Å². The van der Waals surface area contributed by atoms with Crippen molar-refractivity contribution >= 4 is 15.5 Å². The first-order valence-corrected chi connectivity index (χ1v) is 6.83. The van der Waals surface area contributed by atoms with Gasteiger partial charge in [-0.2, -0.15) is 0 Å². The molecule has 0 aliphatic heterocycles. The standard InChI is InChI=1S/C10H13NO5S/c1-10(12,7-17(2,15)16)8-4-3-5-9(6-8)11(13)14/h3-6,12H,7H2,1-2H3. The SMILES string of the molecule is CC(O)(CS(C)(=O)=O)c1cccc([N+](=O)[O-])c1. The number of sulfone groups is 1. The number of aliphatic hydroxyl groups is 1. The Hall–Kier alpha value is -1.47. The van der Waals surface area contributed by atoms with Crippen LogP contribution in [0.25, 0.3) is 0 Å². The van der Waals surface area contributed by atoms with Crippen LogP contribution >= 0.6 is 0 Å². The predicted molar refractivity (Wildman–Crippen MR) is 62.4 cm³/mol. The predicted octanol–water partition coefficient (Wildman–Crippen LogP) is 0.847. The van der Waals surface area contributed by atoms with Gasteiger partial charge in [0.25, 0.3) is 5.69 Å². The highest BCUT2D eigenvalue weighted by molar-refractivity contribution is 7.90. The fourth-order valence-corrected chi connectivity index (χ4v) is 2.74. The molecule has 17 heavy (non-hydrogen) atoms. The molecule has 1 atom stereocenters. The summed E-state index contributed by atoms with van der Waals surface area (Å²) in [6.45, 7) is 1.31. The Kier molecular flexibility index (Phi) is 3.53. The van der Waals surface area contributed by atoms with E-state index in [0.717, 1.165) is 6.26 Å². The molecule has 1 aromatic rings. The minimum absolute atomic E-state index is 0.184. The Bertz CT molecular complexity index is 535. The van der Waals surface area contributed by atoms with Crippen LogP contribution in [0.1, 0.15) is 12.5 Å². The summed E-state index contributed by atoms with van der Waals surface area (Å²) in [7, 11) is -3.38. The molecule has 0 heterocycles. The number of hydrogen-bond donors (Lipinski definition) is 1. The van der Waals surface area contributed by atoms with Gasteiger partial charge in [-0.15, -0.1) is 0 Å². The summed E-state index contributed by atoms with van der Waals surface area (Å²) in [6.07, 6.45) is 0.999. The molecule has 0 aliphatic rings. The van der Waals surface area contributed by atoms with Crippen molar-refractivity contribution in [3.63, 3.8) is 0 Å². The van der Waals surface area contributed by atoms with Crippen LogP contribution in [-0.4, -0.2) is 30.5 Å². The molecule has 1 aromatic carbocycles. The molecular formula is C10H13NO5S. The van der Waals surface area contributed by atoms with Crippen LogP contribution in [0.15, 0.2) is 24.3 Å². The number of non-ortho nitro benzene ring substituents is 1. The van der Waals surface area contributed by atoms with E-state index in [1.54, 1.807) is 0 Å². The lowest BCUT2D eigenvalue weighted by molar-refractivity contribution is -0.385. The van der Waals surface area contributed by atoms with Crippen LogP contribution in [0, 0.1) is 10.1 Å². The monoisotopic (exact) mass is 259 g/mol. The first-order chi connectivity index (χ1) is 7.62. The van der Waals surface area contributed by atoms with Crippen LogP contribution in [-0.2, 0) is 15.4 Å². The summed E-state index contributed by atoms with van der Waals surface area (Å²) in [6, 6.07) is 5.31. The van der Waals surface area contributed by atoms with Crippen molar-refractivity contribution in [2.75, 3.05) is 12.0 Å². The van der Waals surface area contributed by atoms with E-state index in [1.165, 1.54) is 31.2 Å². The second-order valence-corrected chi connectivity index (χ2v) is 6.29. The van der Waals surface area contributed by atoms with Crippen molar-refractivity contribution in [1.82, 2.24) is 0 Å². The zero-order valence-electron chi connectivity index (χ0n) is 9.45. The van der Waals surface area contributed by atoms with Crippen molar-refractivity contribution in [1.29, 1.82) is 0 Å². The van der Waals surface area contributed by atoms with E-state index in [2.05, 4.69) is 0 Å². The van der Waals surface area contributed by atoms with Gasteiger partial charge in [-0.25, -0.2) is 8.42 Å². The summed E-state index contributed by atoms with van der Waals surface area (Å²) in [4.78, 5) is 9.97. The minimum Gasteiger partial charge on any atom is -0.384 e. The second-order valence-electron chi connectivity index (χ2n) is 4.15. The fraction of sp³-hybridized carbons (Fsp3) is 0.400. The number of hydrogen-bond acceptors (Lipinski definition) is 5. The third kappa shape index (κ3) is 3.79. The molecular weight excluding hydrogens is 246 g/mol. The first kappa shape index (κ1) is 13.6. The van der Waals surface area contributed by atoms with Crippen LogP contribution in [0.2, 0.25) is 0 Å². The maximum atomic E-state index is 11.1. The van der Waals surface area contributed by atoms with Crippen molar-refractivity contribution in [2.24, 2.45) is 0 Å². The van der Waals surface area contributed by atoms with E-state index in [0.29, 0.717) is 0 Å². The Morgan fingerprint density at radius 1 is 1.47 bits per heavy atom. The molecule has 0 saturated carbocycles. The third-order valence-electron chi connectivity index (χ3n) is 2.22. The number of nitro benzene ring substituents is 1. The van der Waals surface area contributed by atoms with Gasteiger partial charge in [-0.3, -0.25) is 10.1 Å². The quantitative estimate of drug-likeness (QED) is 0.638. The largest absolute Gasteiger partial charge is 0.384 e. The molecule has 0 bridgehead atoms. The molecule has 0 aliphatic carbocycles. The molecule has 7 heteroatoms. The number of nitrogens with zero attached hydrogens (tertiary/aromatic N) is 1. The fourth-order valence-electron chi connectivity index (χ4n) is 1.55. The zero-order valence-corrected chi connectivity index (χ0v) is 10.3. The van der Waals surface area contributed by atoms with E-state index >= 15 is 0 Å². The number of nitro groups is 1. The summed E-state index contributed by atoms with van der Waals surface area (Å²) in [5, 5.41) is 20.6. The van der Waals surface area contributed by atoms with Crippen molar-refractivity contribution < 1.29 is 18.4 Å². The summed E-state index contributed by atoms with van der Waals surface area (Å²) in [5.74, 6) is -0.485. The molecule has 94 valence electrons. The van der Waals surface area contributed by atoms with Gasteiger partial charge in [0.15, 0.2) is 9.84 Å². The van der Waals surface area contributed by atoms with Gasteiger partial charge in [0.05, 0.1) is 10.7 Å². The average Bonchev–Trinajstić information content (AvgIpc) is 2.14. The lowest BCUT2D eigenvalue weighted by atomic mass is 9.98. The Morgan fingerprint density at radius 3 is 2.53 bits per heavy atom. The summed E-state index contributed by atoms with van der Waals surface area (Å²) >= 11 is 0. The molecule has 6 nitrogen and oxygen atoms in total. The molecule has 0 amide bonds. The molecule has 0 radical (unpaired) electrons. The van der Waals surface area contributed by atoms with E-state index < -0.39 is 26.1 Å². The molecule has 0 saturated heterocycles. The Labute approximate surface area is 99.0 Å². The molecule has 1 rings (SSSR count). The third-order valence-corrected chi connectivity index (χ3v) is 3.31. The highest BCUT2D eigenvalue weighted by atomic mass is 32.2. The van der Waals surface area contributed by atoms with Crippen LogP contribution < -0.4 is 0 Å². The lowest BCUT2D eigenvalue weighted by Gasteiger charge is -2.22. The molecule has 0 spiro atoms. The average molecular weight is 259 g/mol. The van der Waals surface area contributed by atoms with E-state index in [9.17, 15) is 23.6 Å². The van der Waals surface area contributed by atoms with Gasteiger partial charge in [-0.05, 0) is 12.5 Å². The molecule has 0 fully saturated rings. The second kappa shape index (κ2) is 4.42. The van der Waals surface area contributed by atoms with E-state index in [-0.39, 0.29) is 11.3 Å². The first-order valence-electron chi connectivity index (χ1n) is 4.77. The number of benzene rings is 1. The van der Waals surface area contributed by atoms with Gasteiger partial charge in [0, 0.05) is 18.4 Å². The number of rotatable bonds is 4. The van der Waals surface area contributed by atoms with Gasteiger partial charge in [0.2, 0.25) is 0 Å². The van der Waals surface area contributed by atoms with Gasteiger partial charge < -0.3 is 5.11 Å². The Morgan fingerprint density at radius 2 is 2.06 bits per heavy atom. The van der Waals surface area contributed by atoms with Crippen molar-refractivity contribution in [2.45, 2.75) is 12.5 Å². The van der Waals surface area contributed by atoms with Crippen LogP contribution in [0.3, 0.4) is 0 Å². The molecule has 1 unspecified atom stereocenters. The zero-order chi connectivity index (χ0) is 13.3. The summed E-state index contributed by atoms with van der Waals surface area (Å²) < 4.78 is 22.3. The van der Waals surface area contributed by atoms with Gasteiger partial charge in [0.1, 0.15) is 5.60 Å². The van der Waals surface area contributed by atoms with Crippen LogP contribution in [0.5, 0.6) is 0 Å². The van der Waals surface area contributed by atoms with E-state index in [4.69, 9.17) is 0 Å². The lowest BCUT2D eigenvalue weighted by Crippen LogP contribution is -2.30. The highest BCUT2D eigenvalue weighted by Crippen LogP contribution is 2.25. The molecule has 1 N–H and O–H groups in total. The topological polar surface area (TPSA) is 97.5 Å². The summed E-state index contributed by atoms with van der Waals surface area (Å²) in [5.41, 5.74) is -1.62. The minimum atomic E-state index is -3.38. The van der Waals surface area contributed by atoms with E-state index in [1.807, 2.05) is 0 Å². The highest BCUT2D eigenvalue weighted by Gasteiger charge is 2.29. The van der Waals surface area contributed by atoms with Crippen molar-refractivity contribution in [3.05, 3.63) is 39.9 Å². The normalized spacial score (nSPS) is 15.2. The van der Waals surface area contributed by atoms with Gasteiger partial charge in [-0.1, -0.05) is 12.1 Å². The smallest absolute Gasteiger partial charge is 0.269 e.